The van der Waals surface area contributed by atoms with E-state index in [9.17, 15) is 23.3 Å². The summed E-state index contributed by atoms with van der Waals surface area (Å²) in [4.78, 5) is 23.8. The van der Waals surface area contributed by atoms with E-state index in [0.29, 0.717) is 18.7 Å². The fraction of sp³-hybridized carbons (Fsp3) is 0.316. The lowest BCUT2D eigenvalue weighted by atomic mass is 10.1. The fourth-order valence-electron chi connectivity index (χ4n) is 3.22. The number of carbonyl (C=O) groups is 1. The molecule has 0 atom stereocenters. The van der Waals surface area contributed by atoms with Gasteiger partial charge in [0.1, 0.15) is 0 Å². The molecular weight excluding hydrogens is 418 g/mol. The van der Waals surface area contributed by atoms with Gasteiger partial charge in [-0.1, -0.05) is 11.6 Å². The number of piperazine rings is 1. The number of hydrogen-bond acceptors (Lipinski definition) is 6. The third-order valence-electron chi connectivity index (χ3n) is 5.00. The van der Waals surface area contributed by atoms with E-state index in [1.807, 2.05) is 17.0 Å². The lowest BCUT2D eigenvalue weighted by molar-refractivity contribution is -0.385. The van der Waals surface area contributed by atoms with E-state index >= 15 is 0 Å². The number of nitrogens with zero attached hydrogens (tertiary/aromatic N) is 3. The van der Waals surface area contributed by atoms with Crippen LogP contribution in [0.15, 0.2) is 41.3 Å². The molecule has 0 bridgehead atoms. The molecule has 0 unspecified atom stereocenters. The zero-order valence-electron chi connectivity index (χ0n) is 16.0. The lowest BCUT2D eigenvalue weighted by Crippen LogP contribution is -2.48. The van der Waals surface area contributed by atoms with Gasteiger partial charge in [0.2, 0.25) is 10.0 Å². The number of Topliss-reactive ketones (excluding diaryl/α,β-unsaturated/α-hetero) is 1. The molecule has 0 amide bonds. The molecule has 1 saturated heterocycles. The van der Waals surface area contributed by atoms with Gasteiger partial charge in [0.15, 0.2) is 5.78 Å². The highest BCUT2D eigenvalue weighted by Gasteiger charge is 2.31. The number of hydrogen-bond donors (Lipinski definition) is 0. The number of nitro groups is 1. The number of halogens is 1. The first-order valence-electron chi connectivity index (χ1n) is 8.92. The smallest absolute Gasteiger partial charge is 0.275 e. The molecular formula is C19H20ClN3O5S. The molecule has 2 aromatic carbocycles. The standard InChI is InChI=1S/C19H20ClN3O5S/c1-13-18(20)11-17(12-19(13)23(25)26)29(27,28)22-9-7-21(8-10-22)16-5-3-15(4-6-16)14(2)24/h3-6,11-12H,7-10H2,1-2H3. The van der Waals surface area contributed by atoms with Crippen molar-refractivity contribution in [1.29, 1.82) is 0 Å². The van der Waals surface area contributed by atoms with Crippen molar-refractivity contribution < 1.29 is 18.1 Å². The highest BCUT2D eigenvalue weighted by Crippen LogP contribution is 2.31. The molecule has 8 nitrogen and oxygen atoms in total. The molecule has 3 rings (SSSR count). The average molecular weight is 438 g/mol. The summed E-state index contributed by atoms with van der Waals surface area (Å²) in [5.74, 6) is -0.0154. The summed E-state index contributed by atoms with van der Waals surface area (Å²) in [5.41, 5.74) is 1.43. The van der Waals surface area contributed by atoms with Gasteiger partial charge in [-0.25, -0.2) is 8.42 Å². The molecule has 1 aliphatic rings. The highest BCUT2D eigenvalue weighted by atomic mass is 35.5. The van der Waals surface area contributed by atoms with E-state index in [1.165, 1.54) is 24.2 Å². The molecule has 0 aliphatic carbocycles. The second-order valence-electron chi connectivity index (χ2n) is 6.80. The molecule has 1 aliphatic heterocycles. The summed E-state index contributed by atoms with van der Waals surface area (Å²) < 4.78 is 27.3. The summed E-state index contributed by atoms with van der Waals surface area (Å²) in [6, 6.07) is 9.48. The largest absolute Gasteiger partial charge is 0.369 e. The minimum atomic E-state index is -3.91. The number of anilines is 1. The van der Waals surface area contributed by atoms with Crippen molar-refractivity contribution in [3.63, 3.8) is 0 Å². The molecule has 29 heavy (non-hydrogen) atoms. The Hall–Kier alpha value is -2.49. The lowest BCUT2D eigenvalue weighted by Gasteiger charge is -2.35. The monoisotopic (exact) mass is 437 g/mol. The topological polar surface area (TPSA) is 101 Å². The predicted molar refractivity (Wildman–Crippen MR) is 110 cm³/mol. The van der Waals surface area contributed by atoms with Crippen molar-refractivity contribution in [2.75, 3.05) is 31.1 Å². The van der Waals surface area contributed by atoms with Gasteiger partial charge < -0.3 is 4.90 Å². The van der Waals surface area contributed by atoms with E-state index in [-0.39, 0.29) is 40.0 Å². The number of ketones is 1. The van der Waals surface area contributed by atoms with Crippen LogP contribution in [0, 0.1) is 17.0 Å². The maximum atomic E-state index is 13.0. The Bertz CT molecular complexity index is 1060. The summed E-state index contributed by atoms with van der Waals surface area (Å²) in [5, 5.41) is 11.2. The van der Waals surface area contributed by atoms with Crippen LogP contribution in [-0.4, -0.2) is 49.6 Å². The first kappa shape index (κ1) is 21.2. The first-order valence-corrected chi connectivity index (χ1v) is 10.7. The summed E-state index contributed by atoms with van der Waals surface area (Å²) in [6.07, 6.45) is 0. The van der Waals surface area contributed by atoms with Crippen LogP contribution in [0.5, 0.6) is 0 Å². The van der Waals surface area contributed by atoms with Crippen molar-refractivity contribution in [2.45, 2.75) is 18.7 Å². The number of benzene rings is 2. The summed E-state index contributed by atoms with van der Waals surface area (Å²) >= 11 is 6.03. The van der Waals surface area contributed by atoms with Gasteiger partial charge in [-0.2, -0.15) is 4.31 Å². The van der Waals surface area contributed by atoms with Crippen LogP contribution in [0.2, 0.25) is 5.02 Å². The SMILES string of the molecule is CC(=O)c1ccc(N2CCN(S(=O)(=O)c3cc(Cl)c(C)c([N+](=O)[O-])c3)CC2)cc1. The molecule has 0 aromatic heterocycles. The molecule has 154 valence electrons. The van der Waals surface area contributed by atoms with Crippen molar-refractivity contribution in [3.8, 4) is 0 Å². The maximum absolute atomic E-state index is 13.0. The van der Waals surface area contributed by atoms with Crippen LogP contribution < -0.4 is 4.90 Å². The van der Waals surface area contributed by atoms with Crippen molar-refractivity contribution in [2.24, 2.45) is 0 Å². The third-order valence-corrected chi connectivity index (χ3v) is 7.27. The number of carbonyl (C=O) groups excluding carboxylic acids is 1. The highest BCUT2D eigenvalue weighted by molar-refractivity contribution is 7.89. The van der Waals surface area contributed by atoms with Crippen molar-refractivity contribution in [3.05, 3.63) is 62.7 Å². The molecule has 1 heterocycles. The molecule has 0 spiro atoms. The fourth-order valence-corrected chi connectivity index (χ4v) is 4.97. The third kappa shape index (κ3) is 4.26. The Kier molecular flexibility index (Phi) is 5.92. The van der Waals surface area contributed by atoms with Crippen molar-refractivity contribution in [1.82, 2.24) is 4.31 Å². The van der Waals surface area contributed by atoms with Crippen LogP contribution in [0.1, 0.15) is 22.8 Å². The number of nitro benzene ring substituents is 1. The Morgan fingerprint density at radius 2 is 1.69 bits per heavy atom. The van der Waals surface area contributed by atoms with Gasteiger partial charge in [0, 0.05) is 49.1 Å². The zero-order valence-corrected chi connectivity index (χ0v) is 17.5. The molecule has 1 fully saturated rings. The van der Waals surface area contributed by atoms with Gasteiger partial charge in [-0.05, 0) is 44.2 Å². The van der Waals surface area contributed by atoms with Gasteiger partial charge in [0.25, 0.3) is 5.69 Å². The zero-order chi connectivity index (χ0) is 21.3. The summed E-state index contributed by atoms with van der Waals surface area (Å²) in [7, 11) is -3.91. The quantitative estimate of drug-likeness (QED) is 0.404. The average Bonchev–Trinajstić information content (AvgIpc) is 2.69. The van der Waals surface area contributed by atoms with E-state index in [1.54, 1.807) is 12.1 Å². The molecule has 10 heteroatoms. The van der Waals surface area contributed by atoms with E-state index in [2.05, 4.69) is 0 Å². The Morgan fingerprint density at radius 3 is 2.21 bits per heavy atom. The molecule has 0 radical (unpaired) electrons. The van der Waals surface area contributed by atoms with E-state index in [0.717, 1.165) is 11.8 Å². The Labute approximate surface area is 173 Å². The van der Waals surface area contributed by atoms with Gasteiger partial charge in [0.05, 0.1) is 14.8 Å². The van der Waals surface area contributed by atoms with Gasteiger partial charge >= 0.3 is 0 Å². The molecule has 2 aromatic rings. The maximum Gasteiger partial charge on any atom is 0.275 e. The number of rotatable bonds is 5. The second kappa shape index (κ2) is 8.10. The molecule has 0 N–H and O–H groups in total. The van der Waals surface area contributed by atoms with Crippen LogP contribution >= 0.6 is 11.6 Å². The van der Waals surface area contributed by atoms with Crippen LogP contribution in [0.4, 0.5) is 11.4 Å². The predicted octanol–water partition coefficient (Wildman–Crippen LogP) is 3.27. The minimum Gasteiger partial charge on any atom is -0.369 e. The minimum absolute atomic E-state index is 0.0154. The van der Waals surface area contributed by atoms with Crippen LogP contribution in [0.3, 0.4) is 0 Å². The van der Waals surface area contributed by atoms with E-state index in [4.69, 9.17) is 11.6 Å². The first-order chi connectivity index (χ1) is 13.6. The van der Waals surface area contributed by atoms with Crippen LogP contribution in [0.25, 0.3) is 0 Å². The van der Waals surface area contributed by atoms with Crippen LogP contribution in [-0.2, 0) is 10.0 Å². The molecule has 0 saturated carbocycles. The van der Waals surface area contributed by atoms with Gasteiger partial charge in [-0.15, -0.1) is 0 Å². The normalized spacial score (nSPS) is 15.3. The Morgan fingerprint density at radius 1 is 1.10 bits per heavy atom. The number of sulfonamides is 1. The summed E-state index contributed by atoms with van der Waals surface area (Å²) in [6.45, 7) is 4.36. The van der Waals surface area contributed by atoms with Gasteiger partial charge in [-0.3, -0.25) is 14.9 Å². The van der Waals surface area contributed by atoms with E-state index < -0.39 is 14.9 Å². The van der Waals surface area contributed by atoms with Crippen molar-refractivity contribution >= 4 is 38.8 Å². The second-order valence-corrected chi connectivity index (χ2v) is 9.15. The Balaban J connectivity index is 1.78.